The molecule has 15 heavy (non-hydrogen) atoms. The van der Waals surface area contributed by atoms with Crippen molar-refractivity contribution >= 4 is 29.1 Å². The van der Waals surface area contributed by atoms with Gasteiger partial charge < -0.3 is 9.73 Å². The Labute approximate surface area is 90.6 Å². The molecule has 1 aromatic rings. The van der Waals surface area contributed by atoms with E-state index in [0.717, 1.165) is 5.76 Å². The lowest BCUT2D eigenvalue weighted by molar-refractivity contribution is -0.116. The zero-order chi connectivity index (χ0) is 10.7. The number of hydrogen-bond acceptors (Lipinski definition) is 5. The highest BCUT2D eigenvalue weighted by Gasteiger charge is 2.15. The van der Waals surface area contributed by atoms with Crippen LogP contribution in [0.2, 0.25) is 0 Å². The summed E-state index contributed by atoms with van der Waals surface area (Å²) in [5.74, 6) is 1.84. The van der Waals surface area contributed by atoms with E-state index in [1.807, 2.05) is 13.0 Å². The minimum Gasteiger partial charge on any atom is -0.460 e. The van der Waals surface area contributed by atoms with Gasteiger partial charge in [-0.25, -0.2) is 0 Å². The van der Waals surface area contributed by atoms with Gasteiger partial charge in [-0.3, -0.25) is 4.79 Å². The van der Waals surface area contributed by atoms with Gasteiger partial charge in [0.15, 0.2) is 5.17 Å². The van der Waals surface area contributed by atoms with Gasteiger partial charge in [0.25, 0.3) is 0 Å². The molecule has 0 atom stereocenters. The zero-order valence-corrected chi connectivity index (χ0v) is 8.87. The molecule has 1 aliphatic rings. The maximum Gasteiger partial charge on any atom is 0.236 e. The molecule has 1 N–H and O–H groups in total. The summed E-state index contributed by atoms with van der Waals surface area (Å²) in [5.41, 5.74) is 0. The highest BCUT2D eigenvalue weighted by atomic mass is 32.2. The van der Waals surface area contributed by atoms with Crippen LogP contribution in [0.5, 0.6) is 0 Å². The molecule has 1 fully saturated rings. The second kappa shape index (κ2) is 4.31. The molecule has 0 aliphatic carbocycles. The molecular weight excluding hydrogens is 214 g/mol. The maximum atomic E-state index is 10.8. The number of amides is 1. The monoisotopic (exact) mass is 223 g/mol. The first-order valence-electron chi connectivity index (χ1n) is 4.34. The third kappa shape index (κ3) is 2.69. The highest BCUT2D eigenvalue weighted by Crippen LogP contribution is 2.08. The first-order chi connectivity index (χ1) is 7.24. The fourth-order valence-corrected chi connectivity index (χ4v) is 1.67. The van der Waals surface area contributed by atoms with Crippen LogP contribution in [0.3, 0.4) is 0 Å². The first kappa shape index (κ1) is 9.97. The summed E-state index contributed by atoms with van der Waals surface area (Å²) in [6, 6.07) is 3.65. The molecule has 5 nitrogen and oxygen atoms in total. The largest absolute Gasteiger partial charge is 0.460 e. The number of nitrogens with one attached hydrogen (secondary N) is 1. The summed E-state index contributed by atoms with van der Waals surface area (Å²) in [7, 11) is 0. The second-order valence-corrected chi connectivity index (χ2v) is 3.90. The predicted octanol–water partition coefficient (Wildman–Crippen LogP) is 1.14. The third-order valence-corrected chi connectivity index (χ3v) is 2.54. The molecule has 1 amide bonds. The topological polar surface area (TPSA) is 67.0 Å². The van der Waals surface area contributed by atoms with Gasteiger partial charge in [-0.05, 0) is 19.1 Å². The van der Waals surface area contributed by atoms with Crippen molar-refractivity contribution in [2.24, 2.45) is 10.2 Å². The molecule has 1 aromatic heterocycles. The summed E-state index contributed by atoms with van der Waals surface area (Å²) in [5, 5.41) is 10.7. The number of carbonyl (C=O) groups is 1. The van der Waals surface area contributed by atoms with E-state index in [-0.39, 0.29) is 5.91 Å². The van der Waals surface area contributed by atoms with E-state index in [1.54, 1.807) is 6.07 Å². The van der Waals surface area contributed by atoms with E-state index < -0.39 is 0 Å². The van der Waals surface area contributed by atoms with Crippen LogP contribution in [0.1, 0.15) is 11.5 Å². The van der Waals surface area contributed by atoms with E-state index in [4.69, 9.17) is 4.42 Å². The van der Waals surface area contributed by atoms with Crippen LogP contribution in [0.4, 0.5) is 0 Å². The quantitative estimate of drug-likeness (QED) is 0.604. The van der Waals surface area contributed by atoms with Crippen LogP contribution in [0, 0.1) is 6.92 Å². The lowest BCUT2D eigenvalue weighted by atomic mass is 10.4. The van der Waals surface area contributed by atoms with Crippen molar-refractivity contribution < 1.29 is 9.21 Å². The predicted molar refractivity (Wildman–Crippen MR) is 59.1 cm³/mol. The molecule has 0 bridgehead atoms. The average molecular weight is 223 g/mol. The van der Waals surface area contributed by atoms with Crippen LogP contribution < -0.4 is 5.32 Å². The molecule has 0 spiro atoms. The smallest absolute Gasteiger partial charge is 0.236 e. The lowest BCUT2D eigenvalue weighted by Crippen LogP contribution is -2.19. The fourth-order valence-electron chi connectivity index (χ4n) is 1.04. The summed E-state index contributed by atoms with van der Waals surface area (Å²) in [4.78, 5) is 10.8. The number of rotatable bonds is 2. The Balaban J connectivity index is 1.98. The number of carbonyl (C=O) groups excluding carboxylic acids is 1. The molecule has 0 radical (unpaired) electrons. The van der Waals surface area contributed by atoms with Gasteiger partial charge >= 0.3 is 0 Å². The van der Waals surface area contributed by atoms with Gasteiger partial charge in [0.05, 0.1) is 12.0 Å². The van der Waals surface area contributed by atoms with Gasteiger partial charge in [0, 0.05) is 0 Å². The van der Waals surface area contributed by atoms with E-state index in [0.29, 0.717) is 16.7 Å². The molecule has 78 valence electrons. The van der Waals surface area contributed by atoms with Gasteiger partial charge in [-0.1, -0.05) is 11.8 Å². The number of furan rings is 1. The first-order valence-corrected chi connectivity index (χ1v) is 5.33. The van der Waals surface area contributed by atoms with Gasteiger partial charge in [0.2, 0.25) is 5.91 Å². The number of thioether (sulfide) groups is 1. The molecule has 0 saturated carbocycles. The molecule has 0 aromatic carbocycles. The van der Waals surface area contributed by atoms with Crippen molar-refractivity contribution in [2.75, 3.05) is 5.75 Å². The van der Waals surface area contributed by atoms with Crippen LogP contribution in [-0.2, 0) is 4.79 Å². The van der Waals surface area contributed by atoms with Crippen LogP contribution >= 0.6 is 11.8 Å². The molecule has 2 rings (SSSR count). The van der Waals surface area contributed by atoms with E-state index in [2.05, 4.69) is 15.5 Å². The Morgan fingerprint density at radius 2 is 2.47 bits per heavy atom. The van der Waals surface area contributed by atoms with Crippen molar-refractivity contribution in [3.63, 3.8) is 0 Å². The Hall–Kier alpha value is -1.56. The van der Waals surface area contributed by atoms with E-state index in [9.17, 15) is 4.79 Å². The number of aryl methyl sites for hydroxylation is 1. The van der Waals surface area contributed by atoms with Gasteiger partial charge in [0.1, 0.15) is 11.5 Å². The zero-order valence-electron chi connectivity index (χ0n) is 8.06. The third-order valence-electron chi connectivity index (χ3n) is 1.68. The van der Waals surface area contributed by atoms with Crippen LogP contribution in [-0.4, -0.2) is 23.0 Å². The fraction of sp³-hybridized carbons (Fsp3) is 0.222. The van der Waals surface area contributed by atoms with E-state index in [1.165, 1.54) is 18.0 Å². The minimum atomic E-state index is -0.0391. The molecular formula is C9H9N3O2S. The van der Waals surface area contributed by atoms with Gasteiger partial charge in [-0.2, -0.15) is 5.10 Å². The maximum absolute atomic E-state index is 10.8. The normalized spacial score (nSPS) is 19.0. The van der Waals surface area contributed by atoms with Crippen molar-refractivity contribution in [1.29, 1.82) is 0 Å². The van der Waals surface area contributed by atoms with E-state index >= 15 is 0 Å². The number of nitrogens with zero attached hydrogens (tertiary/aromatic N) is 2. The Bertz CT molecular complexity index is 436. The number of amidine groups is 1. The molecule has 6 heteroatoms. The SMILES string of the molecule is Cc1ccc(/C=N\N=C2\NC(=O)CS2)o1. The Morgan fingerprint density at radius 3 is 3.07 bits per heavy atom. The van der Waals surface area contributed by atoms with Crippen molar-refractivity contribution in [3.05, 3.63) is 23.7 Å². The van der Waals surface area contributed by atoms with Crippen LogP contribution in [0.25, 0.3) is 0 Å². The molecule has 1 saturated heterocycles. The highest BCUT2D eigenvalue weighted by molar-refractivity contribution is 8.15. The van der Waals surface area contributed by atoms with Crippen LogP contribution in [0.15, 0.2) is 26.8 Å². The Kier molecular flexibility index (Phi) is 2.86. The summed E-state index contributed by atoms with van der Waals surface area (Å²) in [6.45, 7) is 1.86. The standard InChI is InChI=1S/C9H9N3O2S/c1-6-2-3-7(14-6)4-10-12-9-11-8(13)5-15-9/h2-4H,5H2,1H3,(H,11,12,13)/b10-4-. The molecule has 0 unspecified atom stereocenters. The Morgan fingerprint density at radius 1 is 1.60 bits per heavy atom. The number of hydrogen-bond donors (Lipinski definition) is 1. The second-order valence-electron chi connectivity index (χ2n) is 2.93. The average Bonchev–Trinajstić information content (AvgIpc) is 2.76. The lowest BCUT2D eigenvalue weighted by Gasteiger charge is -1.88. The molecule has 2 heterocycles. The van der Waals surface area contributed by atoms with Gasteiger partial charge in [-0.15, -0.1) is 5.10 Å². The minimum absolute atomic E-state index is 0.0391. The summed E-state index contributed by atoms with van der Waals surface area (Å²) < 4.78 is 5.26. The summed E-state index contributed by atoms with van der Waals surface area (Å²) >= 11 is 1.34. The van der Waals surface area contributed by atoms with Crippen molar-refractivity contribution in [1.82, 2.24) is 5.32 Å². The van der Waals surface area contributed by atoms with Crippen molar-refractivity contribution in [2.45, 2.75) is 6.92 Å². The summed E-state index contributed by atoms with van der Waals surface area (Å²) in [6.07, 6.45) is 1.50. The van der Waals surface area contributed by atoms with Crippen molar-refractivity contribution in [3.8, 4) is 0 Å². The molecule has 1 aliphatic heterocycles.